The van der Waals surface area contributed by atoms with Gasteiger partial charge in [0.25, 0.3) is 5.92 Å². The molecule has 1 fully saturated rings. The number of nitrogens with two attached hydrogens (primary N) is 1. The summed E-state index contributed by atoms with van der Waals surface area (Å²) in [5.41, 5.74) is 6.55. The van der Waals surface area contributed by atoms with E-state index in [4.69, 9.17) is 5.73 Å². The van der Waals surface area contributed by atoms with Crippen LogP contribution in [-0.2, 0) is 11.2 Å². The molecule has 3 N–H and O–H groups in total. The van der Waals surface area contributed by atoms with Crippen molar-refractivity contribution in [2.75, 3.05) is 19.6 Å². The van der Waals surface area contributed by atoms with Gasteiger partial charge in [0.05, 0.1) is 12.6 Å². The standard InChI is InChI=1S/C22H24F5N3O/c23-17-11-19(25)18(24)9-15(17)8-16(28)10-21(31)29-20(14-4-2-1-3-5-14)12-30-7-6-22(26,27)13-30/h1-5,9,11,16,20H,6-8,10,12-13,28H2,(H,29,31)/t16?,20-/m0/s1. The van der Waals surface area contributed by atoms with Crippen molar-refractivity contribution in [3.05, 3.63) is 71.0 Å². The first-order chi connectivity index (χ1) is 14.6. The topological polar surface area (TPSA) is 58.4 Å². The van der Waals surface area contributed by atoms with Gasteiger partial charge >= 0.3 is 0 Å². The number of carbonyl (C=O) groups excluding carboxylic acids is 1. The highest BCUT2D eigenvalue weighted by Crippen LogP contribution is 2.28. The van der Waals surface area contributed by atoms with Crippen molar-refractivity contribution < 1.29 is 26.7 Å². The highest BCUT2D eigenvalue weighted by molar-refractivity contribution is 5.77. The Morgan fingerprint density at radius 1 is 1.10 bits per heavy atom. The third kappa shape index (κ3) is 6.48. The minimum atomic E-state index is -2.75. The molecule has 9 heteroatoms. The quantitative estimate of drug-likeness (QED) is 0.487. The van der Waals surface area contributed by atoms with Crippen molar-refractivity contribution in [2.24, 2.45) is 5.73 Å². The maximum Gasteiger partial charge on any atom is 0.261 e. The molecular weight excluding hydrogens is 417 g/mol. The summed E-state index contributed by atoms with van der Waals surface area (Å²) < 4.78 is 67.3. The average molecular weight is 441 g/mol. The van der Waals surface area contributed by atoms with E-state index in [-0.39, 0.29) is 44.5 Å². The van der Waals surface area contributed by atoms with Crippen LogP contribution in [0, 0.1) is 17.5 Å². The molecule has 1 unspecified atom stereocenters. The molecule has 1 aliphatic heterocycles. The Morgan fingerprint density at radius 2 is 1.77 bits per heavy atom. The van der Waals surface area contributed by atoms with Crippen LogP contribution in [0.25, 0.3) is 0 Å². The maximum atomic E-state index is 13.8. The van der Waals surface area contributed by atoms with E-state index in [0.717, 1.165) is 11.6 Å². The SMILES string of the molecule is NC(CC(=O)N[C@@H](CN1CCC(F)(F)C1)c1ccccc1)Cc1cc(F)c(F)cc1F. The summed E-state index contributed by atoms with van der Waals surface area (Å²) in [5.74, 6) is -6.63. The van der Waals surface area contributed by atoms with Crippen molar-refractivity contribution in [1.29, 1.82) is 0 Å². The van der Waals surface area contributed by atoms with Crippen molar-refractivity contribution in [2.45, 2.75) is 37.3 Å². The molecule has 4 nitrogen and oxygen atoms in total. The summed E-state index contributed by atoms with van der Waals surface area (Å²) in [6, 6.07) is 8.73. The fourth-order valence-corrected chi connectivity index (χ4v) is 3.71. The fourth-order valence-electron chi connectivity index (χ4n) is 3.71. The number of hydrogen-bond acceptors (Lipinski definition) is 3. The van der Waals surface area contributed by atoms with Crippen molar-refractivity contribution in [3.8, 4) is 0 Å². The van der Waals surface area contributed by atoms with Crippen LogP contribution >= 0.6 is 0 Å². The molecule has 0 radical (unpaired) electrons. The second-order valence-electron chi connectivity index (χ2n) is 7.90. The summed E-state index contributed by atoms with van der Waals surface area (Å²) in [5, 5.41) is 2.81. The lowest BCUT2D eigenvalue weighted by molar-refractivity contribution is -0.122. The maximum absolute atomic E-state index is 13.8. The zero-order valence-electron chi connectivity index (χ0n) is 16.8. The molecule has 31 heavy (non-hydrogen) atoms. The molecule has 0 aliphatic carbocycles. The van der Waals surface area contributed by atoms with Crippen LogP contribution in [0.2, 0.25) is 0 Å². The normalized spacial score (nSPS) is 18.0. The summed E-state index contributed by atoms with van der Waals surface area (Å²) in [6.45, 7) is 0.0562. The van der Waals surface area contributed by atoms with Gasteiger partial charge in [-0.2, -0.15) is 0 Å². The monoisotopic (exact) mass is 441 g/mol. The molecule has 168 valence electrons. The lowest BCUT2D eigenvalue weighted by atomic mass is 10.0. The molecule has 3 rings (SSSR count). The first kappa shape index (κ1) is 23.1. The Morgan fingerprint density at radius 3 is 2.42 bits per heavy atom. The van der Waals surface area contributed by atoms with E-state index < -0.39 is 41.4 Å². The molecule has 0 spiro atoms. The van der Waals surface area contributed by atoms with Gasteiger partial charge in [0.1, 0.15) is 5.82 Å². The van der Waals surface area contributed by atoms with Crippen LogP contribution in [0.5, 0.6) is 0 Å². The van der Waals surface area contributed by atoms with Gasteiger partial charge in [-0.3, -0.25) is 9.69 Å². The average Bonchev–Trinajstić information content (AvgIpc) is 3.04. The summed E-state index contributed by atoms with van der Waals surface area (Å²) >= 11 is 0. The third-order valence-corrected chi connectivity index (χ3v) is 5.25. The molecular formula is C22H24F5N3O. The van der Waals surface area contributed by atoms with Crippen molar-refractivity contribution in [3.63, 3.8) is 0 Å². The molecule has 2 atom stereocenters. The van der Waals surface area contributed by atoms with E-state index in [1.807, 2.05) is 0 Å². The highest BCUT2D eigenvalue weighted by Gasteiger charge is 2.39. The van der Waals surface area contributed by atoms with Gasteiger partial charge in [0, 0.05) is 38.0 Å². The number of nitrogens with one attached hydrogen (secondary N) is 1. The number of carbonyl (C=O) groups is 1. The largest absolute Gasteiger partial charge is 0.348 e. The Bertz CT molecular complexity index is 910. The molecule has 0 aromatic heterocycles. The van der Waals surface area contributed by atoms with E-state index in [9.17, 15) is 26.7 Å². The van der Waals surface area contributed by atoms with Crippen LogP contribution in [0.15, 0.2) is 42.5 Å². The molecule has 0 bridgehead atoms. The van der Waals surface area contributed by atoms with Gasteiger partial charge in [-0.15, -0.1) is 0 Å². The number of rotatable bonds is 8. The number of amides is 1. The number of alkyl halides is 2. The van der Waals surface area contributed by atoms with Crippen LogP contribution in [0.3, 0.4) is 0 Å². The molecule has 1 heterocycles. The molecule has 1 aliphatic rings. The number of halogens is 5. The predicted octanol–water partition coefficient (Wildman–Crippen LogP) is 3.56. The number of hydrogen-bond donors (Lipinski definition) is 2. The zero-order chi connectivity index (χ0) is 22.6. The van der Waals surface area contributed by atoms with Crippen molar-refractivity contribution >= 4 is 5.91 Å². The van der Waals surface area contributed by atoms with E-state index >= 15 is 0 Å². The van der Waals surface area contributed by atoms with Crippen LogP contribution in [0.4, 0.5) is 22.0 Å². The molecule has 1 saturated heterocycles. The summed E-state index contributed by atoms with van der Waals surface area (Å²) in [7, 11) is 0. The molecule has 2 aromatic rings. The Hall–Kier alpha value is -2.52. The smallest absolute Gasteiger partial charge is 0.261 e. The van der Waals surface area contributed by atoms with E-state index in [0.29, 0.717) is 6.07 Å². The van der Waals surface area contributed by atoms with Gasteiger partial charge in [-0.1, -0.05) is 30.3 Å². The van der Waals surface area contributed by atoms with Crippen LogP contribution in [0.1, 0.15) is 30.0 Å². The number of benzene rings is 2. The predicted molar refractivity (Wildman–Crippen MR) is 106 cm³/mol. The molecule has 0 saturated carbocycles. The van der Waals surface area contributed by atoms with E-state index in [1.165, 1.54) is 0 Å². The van der Waals surface area contributed by atoms with Gasteiger partial charge in [0.15, 0.2) is 11.6 Å². The second kappa shape index (κ2) is 9.74. The molecule has 2 aromatic carbocycles. The second-order valence-corrected chi connectivity index (χ2v) is 7.90. The van der Waals surface area contributed by atoms with Crippen LogP contribution in [-0.4, -0.2) is 42.4 Å². The van der Waals surface area contributed by atoms with E-state index in [2.05, 4.69) is 5.32 Å². The Balaban J connectivity index is 1.62. The van der Waals surface area contributed by atoms with E-state index in [1.54, 1.807) is 35.2 Å². The lowest BCUT2D eigenvalue weighted by Gasteiger charge is -2.25. The fraction of sp³-hybridized carbons (Fsp3) is 0.409. The number of likely N-dealkylation sites (tertiary alicyclic amines) is 1. The summed E-state index contributed by atoms with van der Waals surface area (Å²) in [4.78, 5) is 14.1. The first-order valence-electron chi connectivity index (χ1n) is 9.96. The zero-order valence-corrected chi connectivity index (χ0v) is 16.8. The molecule has 1 amide bonds. The lowest BCUT2D eigenvalue weighted by Crippen LogP contribution is -2.40. The minimum absolute atomic E-state index is 0.127. The van der Waals surface area contributed by atoms with Gasteiger partial charge in [-0.25, -0.2) is 22.0 Å². The first-order valence-corrected chi connectivity index (χ1v) is 9.96. The Labute approximate surface area is 177 Å². The van der Waals surface area contributed by atoms with Crippen LogP contribution < -0.4 is 11.1 Å². The minimum Gasteiger partial charge on any atom is -0.348 e. The van der Waals surface area contributed by atoms with Gasteiger partial charge in [-0.05, 0) is 23.6 Å². The van der Waals surface area contributed by atoms with Crippen molar-refractivity contribution in [1.82, 2.24) is 10.2 Å². The summed E-state index contributed by atoms with van der Waals surface area (Å²) in [6.07, 6.45) is -0.587. The number of nitrogens with zero attached hydrogens (tertiary/aromatic N) is 1. The highest BCUT2D eigenvalue weighted by atomic mass is 19.3. The van der Waals surface area contributed by atoms with Gasteiger partial charge < -0.3 is 11.1 Å². The Kier molecular flexibility index (Phi) is 7.27. The third-order valence-electron chi connectivity index (χ3n) is 5.25. The van der Waals surface area contributed by atoms with Gasteiger partial charge in [0.2, 0.25) is 5.91 Å².